The van der Waals surface area contributed by atoms with E-state index in [9.17, 15) is 4.79 Å². The Hall–Kier alpha value is -1.54. The molecule has 8 heteroatoms. The second kappa shape index (κ2) is 12.0. The van der Waals surface area contributed by atoms with Crippen LogP contribution < -0.4 is 25.4 Å². The number of ether oxygens (including phenoxy) is 2. The van der Waals surface area contributed by atoms with Gasteiger partial charge >= 0.3 is 0 Å². The van der Waals surface area contributed by atoms with E-state index in [1.54, 1.807) is 13.2 Å². The van der Waals surface area contributed by atoms with Gasteiger partial charge in [0, 0.05) is 29.7 Å². The van der Waals surface area contributed by atoms with Gasteiger partial charge < -0.3 is 30.5 Å². The van der Waals surface area contributed by atoms with Gasteiger partial charge in [0.1, 0.15) is 0 Å². The topological polar surface area (TPSA) is 91.8 Å². The van der Waals surface area contributed by atoms with Crippen LogP contribution in [-0.4, -0.2) is 56.5 Å². The summed E-state index contributed by atoms with van der Waals surface area (Å²) in [6.45, 7) is 8.64. The molecule has 0 spiro atoms. The average Bonchev–Trinajstić information content (AvgIpc) is 2.59. The molecule has 0 saturated carbocycles. The standard InChI is InChI=1S/C19H32ClN3O4/c1-19(2,3)23-18(25)13-27-17-11-15(20)14(10-16(17)26-4)12-22-7-5-6-21-8-9-24/h10-11,21-22,24H,5-9,12-13H2,1-4H3,(H,23,25). The van der Waals surface area contributed by atoms with Gasteiger partial charge in [-0.25, -0.2) is 0 Å². The zero-order chi connectivity index (χ0) is 20.3. The van der Waals surface area contributed by atoms with Crippen LogP contribution in [0.2, 0.25) is 5.02 Å². The first-order chi connectivity index (χ1) is 12.8. The van der Waals surface area contributed by atoms with E-state index >= 15 is 0 Å². The fourth-order valence-electron chi connectivity index (χ4n) is 2.35. The number of benzene rings is 1. The van der Waals surface area contributed by atoms with Crippen molar-refractivity contribution in [1.82, 2.24) is 16.0 Å². The summed E-state index contributed by atoms with van der Waals surface area (Å²) in [5.74, 6) is 0.758. The van der Waals surface area contributed by atoms with Crippen LogP contribution in [0.15, 0.2) is 12.1 Å². The molecule has 0 aliphatic rings. The molecule has 0 atom stereocenters. The molecule has 0 saturated heterocycles. The summed E-state index contributed by atoms with van der Waals surface area (Å²) in [7, 11) is 1.55. The zero-order valence-electron chi connectivity index (χ0n) is 16.7. The second-order valence-corrected chi connectivity index (χ2v) is 7.59. The minimum atomic E-state index is -0.314. The molecule has 0 aliphatic carbocycles. The molecule has 4 N–H and O–H groups in total. The molecule has 154 valence electrons. The largest absolute Gasteiger partial charge is 0.493 e. The molecule has 0 aromatic heterocycles. The van der Waals surface area contributed by atoms with Crippen LogP contribution in [0.4, 0.5) is 0 Å². The van der Waals surface area contributed by atoms with Crippen molar-refractivity contribution in [1.29, 1.82) is 0 Å². The number of hydrogen-bond donors (Lipinski definition) is 4. The molecule has 1 rings (SSSR count). The number of nitrogens with one attached hydrogen (secondary N) is 3. The van der Waals surface area contributed by atoms with E-state index in [0.29, 0.717) is 29.6 Å². The van der Waals surface area contributed by atoms with E-state index in [4.69, 9.17) is 26.2 Å². The lowest BCUT2D eigenvalue weighted by atomic mass is 10.1. The van der Waals surface area contributed by atoms with Crippen molar-refractivity contribution < 1.29 is 19.4 Å². The van der Waals surface area contributed by atoms with Crippen molar-refractivity contribution in [2.24, 2.45) is 0 Å². The molecule has 0 bridgehead atoms. The molecule has 1 aromatic carbocycles. The summed E-state index contributed by atoms with van der Waals surface area (Å²) in [6, 6.07) is 3.49. The Balaban J connectivity index is 2.55. The molecule has 1 amide bonds. The Morgan fingerprint density at radius 2 is 1.85 bits per heavy atom. The predicted molar refractivity (Wildman–Crippen MR) is 108 cm³/mol. The molecular formula is C19H32ClN3O4. The maximum atomic E-state index is 11.9. The summed E-state index contributed by atoms with van der Waals surface area (Å²) < 4.78 is 11.0. The molecule has 0 heterocycles. The van der Waals surface area contributed by atoms with Gasteiger partial charge in [0.25, 0.3) is 5.91 Å². The summed E-state index contributed by atoms with van der Waals surface area (Å²) in [4.78, 5) is 11.9. The molecule has 0 fully saturated rings. The first-order valence-corrected chi connectivity index (χ1v) is 9.47. The minimum absolute atomic E-state index is 0.109. The fraction of sp³-hybridized carbons (Fsp3) is 0.632. The first-order valence-electron chi connectivity index (χ1n) is 9.09. The molecule has 27 heavy (non-hydrogen) atoms. The quantitative estimate of drug-likeness (QED) is 0.398. The summed E-state index contributed by atoms with van der Waals surface area (Å²) >= 11 is 6.35. The maximum absolute atomic E-state index is 11.9. The Morgan fingerprint density at radius 3 is 2.48 bits per heavy atom. The van der Waals surface area contributed by atoms with Crippen LogP contribution in [0, 0.1) is 0 Å². The Bertz CT molecular complexity index is 591. The number of aliphatic hydroxyl groups excluding tert-OH is 1. The van der Waals surface area contributed by atoms with Gasteiger partial charge in [-0.1, -0.05) is 11.6 Å². The number of amides is 1. The molecule has 1 aromatic rings. The van der Waals surface area contributed by atoms with Crippen LogP contribution in [0.5, 0.6) is 11.5 Å². The van der Waals surface area contributed by atoms with Gasteiger partial charge in [-0.15, -0.1) is 0 Å². The van der Waals surface area contributed by atoms with E-state index in [-0.39, 0.29) is 24.7 Å². The van der Waals surface area contributed by atoms with Crippen LogP contribution in [0.1, 0.15) is 32.8 Å². The third-order valence-corrected chi connectivity index (χ3v) is 3.87. The number of carbonyl (C=O) groups is 1. The van der Waals surface area contributed by atoms with E-state index in [2.05, 4.69) is 16.0 Å². The monoisotopic (exact) mass is 401 g/mol. The maximum Gasteiger partial charge on any atom is 0.258 e. The number of aliphatic hydroxyl groups is 1. The van der Waals surface area contributed by atoms with Crippen molar-refractivity contribution >= 4 is 17.5 Å². The Kier molecular flexibility index (Phi) is 10.5. The van der Waals surface area contributed by atoms with Gasteiger partial charge in [-0.3, -0.25) is 4.79 Å². The van der Waals surface area contributed by atoms with Crippen LogP contribution in [0.3, 0.4) is 0 Å². The highest BCUT2D eigenvalue weighted by atomic mass is 35.5. The third kappa shape index (κ3) is 9.81. The number of hydrogen-bond acceptors (Lipinski definition) is 6. The van der Waals surface area contributed by atoms with E-state index < -0.39 is 0 Å². The average molecular weight is 402 g/mol. The minimum Gasteiger partial charge on any atom is -0.493 e. The highest BCUT2D eigenvalue weighted by Crippen LogP contribution is 2.33. The number of methoxy groups -OCH3 is 1. The van der Waals surface area contributed by atoms with E-state index in [1.807, 2.05) is 26.8 Å². The van der Waals surface area contributed by atoms with E-state index in [1.165, 1.54) is 0 Å². The van der Waals surface area contributed by atoms with E-state index in [0.717, 1.165) is 25.1 Å². The smallest absolute Gasteiger partial charge is 0.258 e. The van der Waals surface area contributed by atoms with Crippen molar-refractivity contribution in [2.45, 2.75) is 39.3 Å². The van der Waals surface area contributed by atoms with Crippen molar-refractivity contribution in [3.63, 3.8) is 0 Å². The summed E-state index contributed by atoms with van der Waals surface area (Å²) in [6.07, 6.45) is 0.943. The van der Waals surface area contributed by atoms with Gasteiger partial charge in [-0.05, 0) is 51.9 Å². The molecule has 0 radical (unpaired) electrons. The van der Waals surface area contributed by atoms with Gasteiger partial charge in [0.15, 0.2) is 18.1 Å². The Labute approximate surface area is 166 Å². The van der Waals surface area contributed by atoms with Gasteiger partial charge in [0.05, 0.1) is 13.7 Å². The van der Waals surface area contributed by atoms with Crippen molar-refractivity contribution in [3.8, 4) is 11.5 Å². The lowest BCUT2D eigenvalue weighted by Gasteiger charge is -2.21. The number of halogens is 1. The lowest BCUT2D eigenvalue weighted by Crippen LogP contribution is -2.43. The molecule has 0 unspecified atom stereocenters. The summed E-state index contributed by atoms with van der Waals surface area (Å²) in [5.41, 5.74) is 0.578. The fourth-order valence-corrected chi connectivity index (χ4v) is 2.57. The zero-order valence-corrected chi connectivity index (χ0v) is 17.4. The highest BCUT2D eigenvalue weighted by molar-refractivity contribution is 6.31. The van der Waals surface area contributed by atoms with Crippen LogP contribution in [0.25, 0.3) is 0 Å². The lowest BCUT2D eigenvalue weighted by molar-refractivity contribution is -0.124. The predicted octanol–water partition coefficient (Wildman–Crippen LogP) is 1.70. The first kappa shape index (κ1) is 23.5. The highest BCUT2D eigenvalue weighted by Gasteiger charge is 2.16. The third-order valence-electron chi connectivity index (χ3n) is 3.52. The van der Waals surface area contributed by atoms with Crippen LogP contribution in [-0.2, 0) is 11.3 Å². The molecule has 7 nitrogen and oxygen atoms in total. The van der Waals surface area contributed by atoms with Crippen LogP contribution >= 0.6 is 11.6 Å². The van der Waals surface area contributed by atoms with Crippen molar-refractivity contribution in [3.05, 3.63) is 22.7 Å². The second-order valence-electron chi connectivity index (χ2n) is 7.19. The van der Waals surface area contributed by atoms with Gasteiger partial charge in [0.2, 0.25) is 0 Å². The number of rotatable bonds is 12. The van der Waals surface area contributed by atoms with Gasteiger partial charge in [-0.2, -0.15) is 0 Å². The summed E-state index contributed by atoms with van der Waals surface area (Å²) in [5, 5.41) is 18.5. The SMILES string of the molecule is COc1cc(CNCCCNCCO)c(Cl)cc1OCC(=O)NC(C)(C)C. The number of carbonyl (C=O) groups excluding carboxylic acids is 1. The Morgan fingerprint density at radius 1 is 1.15 bits per heavy atom. The van der Waals surface area contributed by atoms with Crippen molar-refractivity contribution in [2.75, 3.05) is 40.0 Å². The normalized spacial score (nSPS) is 11.3. The molecule has 0 aliphatic heterocycles. The molecular weight excluding hydrogens is 370 g/mol.